The van der Waals surface area contributed by atoms with Gasteiger partial charge in [-0.25, -0.2) is 0 Å². The molecule has 2 atom stereocenters. The van der Waals surface area contributed by atoms with Gasteiger partial charge in [0, 0.05) is 13.1 Å². The number of nitrogens with two attached hydrogens (primary N) is 1. The van der Waals surface area contributed by atoms with E-state index in [0.29, 0.717) is 19.0 Å². The minimum atomic E-state index is -0.461. The lowest BCUT2D eigenvalue weighted by Gasteiger charge is -2.36. The van der Waals surface area contributed by atoms with Crippen LogP contribution in [0, 0.1) is 11.8 Å². The van der Waals surface area contributed by atoms with Crippen LogP contribution < -0.4 is 11.1 Å². The highest BCUT2D eigenvalue weighted by Gasteiger charge is 2.32. The number of carbonyl (C=O) groups excluding carboxylic acids is 2. The molecule has 0 aliphatic carbocycles. The van der Waals surface area contributed by atoms with Gasteiger partial charge in [-0.3, -0.25) is 14.5 Å². The van der Waals surface area contributed by atoms with Gasteiger partial charge in [0.25, 0.3) is 0 Å². The maximum Gasteiger partial charge on any atom is 0.239 e. The molecule has 3 N–H and O–H groups in total. The molecule has 1 saturated heterocycles. The zero-order valence-corrected chi connectivity index (χ0v) is 14.0. The molecule has 1 fully saturated rings. The van der Waals surface area contributed by atoms with E-state index >= 15 is 0 Å². The summed E-state index contributed by atoms with van der Waals surface area (Å²) in [6.07, 6.45) is 1.76. The fraction of sp³-hybridized carbons (Fsp3) is 0.556. The van der Waals surface area contributed by atoms with Crippen LogP contribution in [0.15, 0.2) is 30.3 Å². The molecule has 0 aromatic heterocycles. The molecule has 1 aromatic carbocycles. The normalized spacial score (nSPS) is 20.2. The largest absolute Gasteiger partial charge is 0.368 e. The Kier molecular flexibility index (Phi) is 6.16. The van der Waals surface area contributed by atoms with Crippen LogP contribution in [0.5, 0.6) is 0 Å². The summed E-state index contributed by atoms with van der Waals surface area (Å²) in [6, 6.07) is 9.09. The van der Waals surface area contributed by atoms with Gasteiger partial charge in [-0.15, -0.1) is 0 Å². The topological polar surface area (TPSA) is 75.4 Å². The maximum atomic E-state index is 12.3. The van der Waals surface area contributed by atoms with Crippen molar-refractivity contribution in [3.05, 3.63) is 35.9 Å². The monoisotopic (exact) mass is 317 g/mol. The molecule has 1 heterocycles. The van der Waals surface area contributed by atoms with E-state index < -0.39 is 6.04 Å². The Morgan fingerprint density at radius 1 is 1.30 bits per heavy atom. The lowest BCUT2D eigenvalue weighted by Crippen LogP contribution is -2.47. The molecule has 0 saturated carbocycles. The molecule has 2 rings (SSSR count). The summed E-state index contributed by atoms with van der Waals surface area (Å²) in [5.74, 6) is 0.0773. The molecule has 5 nitrogen and oxygen atoms in total. The number of piperidine rings is 1. The smallest absolute Gasteiger partial charge is 0.239 e. The van der Waals surface area contributed by atoms with E-state index in [1.807, 2.05) is 35.2 Å². The first-order valence-corrected chi connectivity index (χ1v) is 8.35. The van der Waals surface area contributed by atoms with Crippen LogP contribution in [0.4, 0.5) is 0 Å². The zero-order chi connectivity index (χ0) is 16.8. The number of nitrogens with one attached hydrogen (secondary N) is 1. The van der Waals surface area contributed by atoms with Crippen molar-refractivity contribution in [1.82, 2.24) is 10.2 Å². The third kappa shape index (κ3) is 4.79. The fourth-order valence-electron chi connectivity index (χ4n) is 3.09. The SMILES string of the molecule is CC(C)CNC(=O)[C@H]1CCCN([C@@H](C(N)=O)c2ccccc2)C1. The molecule has 1 aliphatic rings. The molecule has 0 bridgehead atoms. The predicted molar refractivity (Wildman–Crippen MR) is 90.5 cm³/mol. The minimum absolute atomic E-state index is 0.0759. The van der Waals surface area contributed by atoms with Crippen molar-refractivity contribution in [1.29, 1.82) is 0 Å². The molecule has 0 radical (unpaired) electrons. The van der Waals surface area contributed by atoms with Crippen molar-refractivity contribution in [2.24, 2.45) is 17.6 Å². The van der Waals surface area contributed by atoms with Crippen molar-refractivity contribution in [2.75, 3.05) is 19.6 Å². The second-order valence-electron chi connectivity index (χ2n) is 6.69. The Hall–Kier alpha value is -1.88. The average Bonchev–Trinajstić information content (AvgIpc) is 2.53. The number of hydrogen-bond acceptors (Lipinski definition) is 3. The third-order valence-electron chi connectivity index (χ3n) is 4.26. The number of likely N-dealkylation sites (tertiary alicyclic amines) is 1. The summed E-state index contributed by atoms with van der Waals surface area (Å²) in [5, 5.41) is 3.00. The van der Waals surface area contributed by atoms with Crippen LogP contribution in [-0.2, 0) is 9.59 Å². The lowest BCUT2D eigenvalue weighted by atomic mass is 9.93. The van der Waals surface area contributed by atoms with Crippen LogP contribution in [-0.4, -0.2) is 36.3 Å². The van der Waals surface area contributed by atoms with Crippen LogP contribution in [0.2, 0.25) is 0 Å². The molecule has 2 amide bonds. The Labute approximate surface area is 138 Å². The van der Waals surface area contributed by atoms with E-state index in [0.717, 1.165) is 24.9 Å². The van der Waals surface area contributed by atoms with E-state index in [9.17, 15) is 9.59 Å². The van der Waals surface area contributed by atoms with Gasteiger partial charge in [0.05, 0.1) is 5.92 Å². The van der Waals surface area contributed by atoms with Crippen LogP contribution in [0.1, 0.15) is 38.3 Å². The Bertz CT molecular complexity index is 530. The van der Waals surface area contributed by atoms with Crippen molar-refractivity contribution in [3.8, 4) is 0 Å². The summed E-state index contributed by atoms with van der Waals surface area (Å²) in [6.45, 7) is 6.20. The molecular formula is C18H27N3O2. The Balaban J connectivity index is 2.06. The van der Waals surface area contributed by atoms with Gasteiger partial charge in [-0.1, -0.05) is 44.2 Å². The van der Waals surface area contributed by atoms with Gasteiger partial charge in [0.1, 0.15) is 6.04 Å². The molecule has 126 valence electrons. The zero-order valence-electron chi connectivity index (χ0n) is 14.0. The fourth-order valence-corrected chi connectivity index (χ4v) is 3.09. The molecule has 1 aromatic rings. The van der Waals surface area contributed by atoms with Gasteiger partial charge in [0.15, 0.2) is 0 Å². The van der Waals surface area contributed by atoms with Crippen molar-refractivity contribution >= 4 is 11.8 Å². The first kappa shape index (κ1) is 17.5. The van der Waals surface area contributed by atoms with Crippen molar-refractivity contribution in [2.45, 2.75) is 32.7 Å². The summed E-state index contributed by atoms with van der Waals surface area (Å²) in [4.78, 5) is 26.3. The summed E-state index contributed by atoms with van der Waals surface area (Å²) in [7, 11) is 0. The number of rotatable bonds is 6. The van der Waals surface area contributed by atoms with E-state index in [4.69, 9.17) is 5.73 Å². The van der Waals surface area contributed by atoms with Gasteiger partial charge in [-0.05, 0) is 30.9 Å². The van der Waals surface area contributed by atoms with Gasteiger partial charge >= 0.3 is 0 Å². The molecule has 23 heavy (non-hydrogen) atoms. The standard InChI is InChI=1S/C18H27N3O2/c1-13(2)11-20-18(23)15-9-6-10-21(12-15)16(17(19)22)14-7-4-3-5-8-14/h3-5,7-8,13,15-16H,6,9-12H2,1-2H3,(H2,19,22)(H,20,23)/t15-,16+/m0/s1. The average molecular weight is 317 g/mol. The van der Waals surface area contributed by atoms with Gasteiger partial charge < -0.3 is 11.1 Å². The third-order valence-corrected chi connectivity index (χ3v) is 4.26. The molecule has 0 spiro atoms. The quantitative estimate of drug-likeness (QED) is 0.838. The highest BCUT2D eigenvalue weighted by atomic mass is 16.2. The van der Waals surface area contributed by atoms with Crippen LogP contribution in [0.3, 0.4) is 0 Å². The van der Waals surface area contributed by atoms with Crippen LogP contribution in [0.25, 0.3) is 0 Å². The molecular weight excluding hydrogens is 290 g/mol. The Morgan fingerprint density at radius 2 is 2.00 bits per heavy atom. The number of amides is 2. The molecule has 1 aliphatic heterocycles. The highest BCUT2D eigenvalue weighted by Crippen LogP contribution is 2.27. The number of hydrogen-bond donors (Lipinski definition) is 2. The number of carbonyl (C=O) groups is 2. The summed E-state index contributed by atoms with van der Waals surface area (Å²) < 4.78 is 0. The molecule has 0 unspecified atom stereocenters. The van der Waals surface area contributed by atoms with E-state index in [-0.39, 0.29) is 17.7 Å². The number of primary amides is 1. The maximum absolute atomic E-state index is 12.3. The van der Waals surface area contributed by atoms with Crippen molar-refractivity contribution < 1.29 is 9.59 Å². The lowest BCUT2D eigenvalue weighted by molar-refractivity contribution is -0.130. The van der Waals surface area contributed by atoms with Gasteiger partial charge in [0.2, 0.25) is 11.8 Å². The first-order valence-electron chi connectivity index (χ1n) is 8.35. The first-order chi connectivity index (χ1) is 11.0. The van der Waals surface area contributed by atoms with E-state index in [1.165, 1.54) is 0 Å². The Morgan fingerprint density at radius 3 is 2.61 bits per heavy atom. The van der Waals surface area contributed by atoms with E-state index in [1.54, 1.807) is 0 Å². The van der Waals surface area contributed by atoms with Crippen molar-refractivity contribution in [3.63, 3.8) is 0 Å². The minimum Gasteiger partial charge on any atom is -0.368 e. The summed E-state index contributed by atoms with van der Waals surface area (Å²) in [5.41, 5.74) is 6.53. The predicted octanol–water partition coefficient (Wildman–Crippen LogP) is 1.70. The summed E-state index contributed by atoms with van der Waals surface area (Å²) >= 11 is 0. The molecule has 5 heteroatoms. The van der Waals surface area contributed by atoms with E-state index in [2.05, 4.69) is 19.2 Å². The second-order valence-corrected chi connectivity index (χ2v) is 6.69. The number of benzene rings is 1. The number of nitrogens with zero attached hydrogens (tertiary/aromatic N) is 1. The van der Waals surface area contributed by atoms with Crippen LogP contribution >= 0.6 is 0 Å². The second kappa shape index (κ2) is 8.11. The van der Waals surface area contributed by atoms with Gasteiger partial charge in [-0.2, -0.15) is 0 Å². The highest BCUT2D eigenvalue weighted by molar-refractivity contribution is 5.82.